The Morgan fingerprint density at radius 3 is 2.27 bits per heavy atom. The second-order valence-electron chi connectivity index (χ2n) is 11.5. The number of nitriles is 2. The van der Waals surface area contributed by atoms with Gasteiger partial charge in [0.1, 0.15) is 12.1 Å². The van der Waals surface area contributed by atoms with Gasteiger partial charge in [-0.15, -0.1) is 0 Å². The van der Waals surface area contributed by atoms with Crippen molar-refractivity contribution in [3.05, 3.63) is 80.4 Å². The van der Waals surface area contributed by atoms with Gasteiger partial charge in [-0.1, -0.05) is 64.3 Å². The third-order valence-electron chi connectivity index (χ3n) is 9.29. The highest BCUT2D eigenvalue weighted by Gasteiger charge is 2.42. The predicted octanol–water partition coefficient (Wildman–Crippen LogP) is 5.75. The van der Waals surface area contributed by atoms with Crippen molar-refractivity contribution in [3.8, 4) is 12.1 Å². The molecule has 0 bridgehead atoms. The minimum atomic E-state index is -0.360. The average Bonchev–Trinajstić information content (AvgIpc) is 2.99. The van der Waals surface area contributed by atoms with Crippen LogP contribution in [0.5, 0.6) is 0 Å². The van der Waals surface area contributed by atoms with Gasteiger partial charge in [-0.3, -0.25) is 9.59 Å². The Hall–Kier alpha value is -3.58. The zero-order valence-corrected chi connectivity index (χ0v) is 23.8. The van der Waals surface area contributed by atoms with E-state index in [0.717, 1.165) is 42.7 Å². The van der Waals surface area contributed by atoms with Crippen molar-refractivity contribution < 1.29 is 14.7 Å². The first-order valence-electron chi connectivity index (χ1n) is 14.4. The van der Waals surface area contributed by atoms with Gasteiger partial charge in [0, 0.05) is 11.1 Å². The lowest BCUT2D eigenvalue weighted by Crippen LogP contribution is -2.31. The molecule has 40 heavy (non-hydrogen) atoms. The van der Waals surface area contributed by atoms with E-state index >= 15 is 0 Å². The number of hydrogen-bond acceptors (Lipinski definition) is 6. The van der Waals surface area contributed by atoms with E-state index < -0.39 is 0 Å². The highest BCUT2D eigenvalue weighted by atomic mass is 16.3. The molecule has 0 heterocycles. The molecular formula is C34H39N3O3. The molecule has 2 aromatic carbocycles. The van der Waals surface area contributed by atoms with Gasteiger partial charge in [-0.05, 0) is 78.7 Å². The largest absolute Gasteiger partial charge is 0.392 e. The molecule has 0 spiro atoms. The first-order chi connectivity index (χ1) is 19.3. The number of hydrogen-bond donors (Lipinski definition) is 2. The highest BCUT2D eigenvalue weighted by Crippen LogP contribution is 2.49. The minimum Gasteiger partial charge on any atom is -0.392 e. The van der Waals surface area contributed by atoms with Crippen LogP contribution in [0, 0.1) is 40.4 Å². The van der Waals surface area contributed by atoms with Crippen molar-refractivity contribution in [2.24, 2.45) is 23.5 Å². The fourth-order valence-corrected chi connectivity index (χ4v) is 7.20. The highest BCUT2D eigenvalue weighted by molar-refractivity contribution is 6.30. The summed E-state index contributed by atoms with van der Waals surface area (Å²) in [5, 5.41) is 30.8. The first-order valence-corrected chi connectivity index (χ1v) is 14.4. The van der Waals surface area contributed by atoms with Crippen LogP contribution in [0.25, 0.3) is 0 Å². The van der Waals surface area contributed by atoms with Crippen molar-refractivity contribution in [3.63, 3.8) is 0 Å². The minimum absolute atomic E-state index is 0.0387. The van der Waals surface area contributed by atoms with Gasteiger partial charge in [0.2, 0.25) is 0 Å². The van der Waals surface area contributed by atoms with Crippen LogP contribution in [0.1, 0.15) is 118 Å². The Kier molecular flexibility index (Phi) is 9.04. The fourth-order valence-electron chi connectivity index (χ4n) is 7.20. The summed E-state index contributed by atoms with van der Waals surface area (Å²) in [6.45, 7) is 8.19. The third-order valence-corrected chi connectivity index (χ3v) is 9.29. The van der Waals surface area contributed by atoms with E-state index in [-0.39, 0.29) is 52.3 Å². The Morgan fingerprint density at radius 2 is 1.68 bits per heavy atom. The maximum atomic E-state index is 14.1. The van der Waals surface area contributed by atoms with Gasteiger partial charge in [0.15, 0.2) is 11.6 Å². The average molecular weight is 538 g/mol. The van der Waals surface area contributed by atoms with E-state index in [4.69, 9.17) is 0 Å². The molecule has 0 amide bonds. The molecule has 2 aromatic rings. The number of ketones is 2. The zero-order valence-electron chi connectivity index (χ0n) is 23.8. The van der Waals surface area contributed by atoms with E-state index in [9.17, 15) is 25.2 Å². The van der Waals surface area contributed by atoms with Crippen LogP contribution in [-0.2, 0) is 12.8 Å². The summed E-state index contributed by atoms with van der Waals surface area (Å²) in [7, 11) is 1.50. The number of benzene rings is 2. The third kappa shape index (κ3) is 4.92. The molecule has 3 N–H and O–H groups in total. The second-order valence-corrected chi connectivity index (χ2v) is 11.5. The Bertz CT molecular complexity index is 1430. The molecule has 0 radical (unpaired) electrons. The van der Waals surface area contributed by atoms with Gasteiger partial charge in [0.05, 0.1) is 28.9 Å². The number of carbonyl (C=O) groups excluding carboxylic acids is 2. The molecular weight excluding hydrogens is 498 g/mol. The number of nitrogens with two attached hydrogens (primary N) is 1. The van der Waals surface area contributed by atoms with Crippen LogP contribution in [0.2, 0.25) is 0 Å². The van der Waals surface area contributed by atoms with Gasteiger partial charge in [0.25, 0.3) is 0 Å². The van der Waals surface area contributed by atoms with Crippen molar-refractivity contribution in [2.45, 2.75) is 71.1 Å². The molecule has 1 saturated carbocycles. The van der Waals surface area contributed by atoms with E-state index in [0.29, 0.717) is 41.0 Å². The van der Waals surface area contributed by atoms with Crippen LogP contribution in [0.3, 0.4) is 0 Å². The van der Waals surface area contributed by atoms with Crippen LogP contribution in [0.4, 0.5) is 0 Å². The van der Waals surface area contributed by atoms with E-state index in [1.807, 2.05) is 13.0 Å². The topological polar surface area (TPSA) is 128 Å². The number of carbonyl (C=O) groups is 2. The normalized spacial score (nSPS) is 23.0. The van der Waals surface area contributed by atoms with Crippen molar-refractivity contribution >= 4 is 11.6 Å². The van der Waals surface area contributed by atoms with Gasteiger partial charge >= 0.3 is 0 Å². The Labute approximate surface area is 237 Å². The van der Waals surface area contributed by atoms with Crippen LogP contribution in [-0.4, -0.2) is 30.3 Å². The molecule has 208 valence electrons. The number of nitrogens with zero attached hydrogens (tertiary/aromatic N) is 2. The smallest absolute Gasteiger partial charge is 0.196 e. The fraction of sp³-hybridized carbons (Fsp3) is 0.471. The quantitative estimate of drug-likeness (QED) is 0.399. The molecule has 2 atom stereocenters. The number of rotatable bonds is 5. The zero-order chi connectivity index (χ0) is 29.1. The summed E-state index contributed by atoms with van der Waals surface area (Å²) >= 11 is 0. The lowest BCUT2D eigenvalue weighted by atomic mass is 9.64. The molecule has 6 nitrogen and oxygen atoms in total. The summed E-state index contributed by atoms with van der Waals surface area (Å²) in [5.41, 5.74) is 8.81. The predicted molar refractivity (Wildman–Crippen MR) is 155 cm³/mol. The van der Waals surface area contributed by atoms with Crippen molar-refractivity contribution in [2.75, 3.05) is 13.7 Å². The van der Waals surface area contributed by atoms with Crippen LogP contribution in [0.15, 0.2) is 30.4 Å². The molecule has 0 aliphatic heterocycles. The van der Waals surface area contributed by atoms with Crippen molar-refractivity contribution in [1.82, 2.24) is 0 Å². The maximum Gasteiger partial charge on any atom is 0.196 e. The monoisotopic (exact) mass is 537 g/mol. The van der Waals surface area contributed by atoms with Crippen LogP contribution < -0.4 is 5.73 Å². The molecule has 1 fully saturated rings. The molecule has 5 rings (SSSR count). The number of aryl methyl sites for hydroxylation is 1. The van der Waals surface area contributed by atoms with Crippen LogP contribution >= 0.6 is 0 Å². The SMILES string of the molecule is C=C(CO)C1Cc2c(C#N)c3c(c(C#N)c2[C@@H](CC2CCC(C)CC2)C1)C(=O)c1c(CC)cccc1C3=O.CN. The van der Waals surface area contributed by atoms with E-state index in [1.54, 1.807) is 12.1 Å². The second kappa shape index (κ2) is 12.3. The molecule has 1 unspecified atom stereocenters. The molecule has 6 heteroatoms. The lowest BCUT2D eigenvalue weighted by molar-refractivity contribution is 0.0977. The molecule has 3 aliphatic carbocycles. The number of fused-ring (bicyclic) bond motifs is 3. The summed E-state index contributed by atoms with van der Waals surface area (Å²) in [6.07, 6.45) is 7.22. The van der Waals surface area contributed by atoms with Gasteiger partial charge in [-0.25, -0.2) is 0 Å². The number of aliphatic hydroxyl groups excluding tert-OH is 1. The summed E-state index contributed by atoms with van der Waals surface area (Å²) in [6, 6.07) is 9.88. The van der Waals surface area contributed by atoms with E-state index in [2.05, 4.69) is 31.4 Å². The Balaban J connectivity index is 0.00000181. The molecule has 0 saturated heterocycles. The lowest BCUT2D eigenvalue weighted by Gasteiger charge is -2.38. The van der Waals surface area contributed by atoms with Gasteiger partial charge < -0.3 is 10.8 Å². The molecule has 0 aromatic heterocycles. The number of aliphatic hydroxyl groups is 1. The van der Waals surface area contributed by atoms with Gasteiger partial charge in [-0.2, -0.15) is 10.5 Å². The summed E-state index contributed by atoms with van der Waals surface area (Å²) < 4.78 is 0. The Morgan fingerprint density at radius 1 is 1.02 bits per heavy atom. The van der Waals surface area contributed by atoms with E-state index in [1.165, 1.54) is 19.9 Å². The first kappa shape index (κ1) is 29.4. The maximum absolute atomic E-state index is 14.1. The van der Waals surface area contributed by atoms with Crippen molar-refractivity contribution in [1.29, 1.82) is 10.5 Å². The summed E-state index contributed by atoms with van der Waals surface area (Å²) in [4.78, 5) is 27.9. The molecule has 3 aliphatic rings. The standard InChI is InChI=1S/C33H34N2O3.CH5N/c1-4-21-6-5-7-24-29(21)33(38)31-27(16-35)28-23(12-20-10-8-18(2)9-11-20)13-22(19(3)17-36)14-25(28)26(15-34)30(31)32(24)37;1-2/h5-7,18,20,22-23,36H,3-4,8-14,17H2,1-2H3;2H2,1H3/t18?,20?,22?,23-;/m0./s1. The summed E-state index contributed by atoms with van der Waals surface area (Å²) in [5.74, 6) is 0.447.